The number of hydrogen-bond donors (Lipinski definition) is 1. The molecule has 0 aromatic rings. The predicted molar refractivity (Wildman–Crippen MR) is 108 cm³/mol. The molecule has 3 aliphatic carbocycles. The molecule has 2 heterocycles. The fourth-order valence-electron chi connectivity index (χ4n) is 8.24. The van der Waals surface area contributed by atoms with Crippen LogP contribution >= 0.6 is 0 Å². The van der Waals surface area contributed by atoms with Gasteiger partial charge in [0.15, 0.2) is 0 Å². The van der Waals surface area contributed by atoms with E-state index in [1.807, 2.05) is 7.05 Å². The van der Waals surface area contributed by atoms with Gasteiger partial charge in [-0.25, -0.2) is 0 Å². The summed E-state index contributed by atoms with van der Waals surface area (Å²) in [4.78, 5) is 26.0. The summed E-state index contributed by atoms with van der Waals surface area (Å²) in [6, 6.07) is 0.374. The Bertz CT molecular complexity index is 781. The van der Waals surface area contributed by atoms with E-state index in [2.05, 4.69) is 31.0 Å². The number of amides is 2. The highest BCUT2D eigenvalue weighted by Crippen LogP contribution is 2.69. The van der Waals surface area contributed by atoms with Gasteiger partial charge < -0.3 is 10.2 Å². The SMILES string of the molecule is CN1CC[C@@]2(C#CC1=O)CCC1C3CCC4NC(=O)CC[C@]4(C)C3CC[C@@]12C. The molecule has 0 aromatic carbocycles. The monoisotopic (exact) mass is 382 g/mol. The first-order valence-corrected chi connectivity index (χ1v) is 11.4. The highest BCUT2D eigenvalue weighted by molar-refractivity contribution is 5.93. The lowest BCUT2D eigenvalue weighted by atomic mass is 9.45. The highest BCUT2D eigenvalue weighted by atomic mass is 16.2. The molecule has 28 heavy (non-hydrogen) atoms. The molecule has 4 fully saturated rings. The van der Waals surface area contributed by atoms with Crippen molar-refractivity contribution < 1.29 is 9.59 Å². The van der Waals surface area contributed by atoms with E-state index in [0.29, 0.717) is 12.5 Å². The molecule has 4 nitrogen and oxygen atoms in total. The summed E-state index contributed by atoms with van der Waals surface area (Å²) in [6.07, 6.45) is 10.1. The second-order valence-corrected chi connectivity index (χ2v) is 10.9. The minimum Gasteiger partial charge on any atom is -0.353 e. The molecule has 4 heteroatoms. The molecule has 2 aliphatic heterocycles. The van der Waals surface area contributed by atoms with Gasteiger partial charge in [0.1, 0.15) is 0 Å². The zero-order valence-electron chi connectivity index (χ0n) is 17.6. The first-order chi connectivity index (χ1) is 13.3. The Morgan fingerprint density at radius 1 is 1.00 bits per heavy atom. The van der Waals surface area contributed by atoms with E-state index in [4.69, 9.17) is 0 Å². The highest BCUT2D eigenvalue weighted by Gasteiger charge is 2.64. The van der Waals surface area contributed by atoms with Gasteiger partial charge in [0.2, 0.25) is 5.91 Å². The molecule has 5 rings (SSSR count). The molecular formula is C24H34N2O2. The summed E-state index contributed by atoms with van der Waals surface area (Å²) < 4.78 is 0. The lowest BCUT2D eigenvalue weighted by molar-refractivity contribution is -0.138. The van der Waals surface area contributed by atoms with E-state index in [1.165, 1.54) is 25.7 Å². The van der Waals surface area contributed by atoms with Gasteiger partial charge in [0, 0.05) is 31.5 Å². The minimum absolute atomic E-state index is 0.0106. The Hall–Kier alpha value is -1.50. The molecule has 1 saturated heterocycles. The van der Waals surface area contributed by atoms with E-state index in [1.54, 1.807) is 4.90 Å². The third-order valence-electron chi connectivity index (χ3n) is 10.1. The quantitative estimate of drug-likeness (QED) is 0.653. The maximum atomic E-state index is 12.2. The first kappa shape index (κ1) is 18.5. The van der Waals surface area contributed by atoms with Crippen LogP contribution in [0, 0.1) is 45.8 Å². The van der Waals surface area contributed by atoms with E-state index in [9.17, 15) is 9.59 Å². The second kappa shape index (κ2) is 6.00. The average Bonchev–Trinajstić information content (AvgIpc) is 2.88. The second-order valence-electron chi connectivity index (χ2n) is 10.9. The number of hydrogen-bond acceptors (Lipinski definition) is 2. The Labute approximate surface area is 169 Å². The summed E-state index contributed by atoms with van der Waals surface area (Å²) in [5.74, 6) is 8.99. The molecule has 0 bridgehead atoms. The van der Waals surface area contributed by atoms with Crippen molar-refractivity contribution in [3.63, 3.8) is 0 Å². The van der Waals surface area contributed by atoms with Gasteiger partial charge in [0.25, 0.3) is 5.91 Å². The third kappa shape index (κ3) is 2.31. The molecule has 4 unspecified atom stereocenters. The molecule has 0 aromatic heterocycles. The van der Waals surface area contributed by atoms with Crippen LogP contribution in [-0.4, -0.2) is 36.3 Å². The summed E-state index contributed by atoms with van der Waals surface area (Å²) >= 11 is 0. The van der Waals surface area contributed by atoms with Crippen molar-refractivity contribution in [3.8, 4) is 11.8 Å². The topological polar surface area (TPSA) is 49.4 Å². The van der Waals surface area contributed by atoms with Gasteiger partial charge >= 0.3 is 0 Å². The normalized spacial score (nSPS) is 50.0. The van der Waals surface area contributed by atoms with Gasteiger partial charge in [-0.3, -0.25) is 9.59 Å². The number of carbonyl (C=O) groups is 2. The zero-order valence-corrected chi connectivity index (χ0v) is 17.6. The molecule has 1 spiro atoms. The summed E-state index contributed by atoms with van der Waals surface area (Å²) in [5.41, 5.74) is 0.508. The zero-order chi connectivity index (χ0) is 19.7. The van der Waals surface area contributed by atoms with E-state index >= 15 is 0 Å². The smallest absolute Gasteiger partial charge is 0.298 e. The number of nitrogens with one attached hydrogen (secondary N) is 1. The van der Waals surface area contributed by atoms with E-state index < -0.39 is 0 Å². The van der Waals surface area contributed by atoms with Crippen molar-refractivity contribution in [2.24, 2.45) is 34.0 Å². The van der Waals surface area contributed by atoms with Crippen LogP contribution in [0.25, 0.3) is 0 Å². The van der Waals surface area contributed by atoms with Crippen LogP contribution in [0.2, 0.25) is 0 Å². The summed E-state index contributed by atoms with van der Waals surface area (Å²) in [6.45, 7) is 5.78. The van der Waals surface area contributed by atoms with Crippen molar-refractivity contribution in [2.75, 3.05) is 13.6 Å². The van der Waals surface area contributed by atoms with Crippen LogP contribution in [0.4, 0.5) is 0 Å². The molecule has 0 radical (unpaired) electrons. The summed E-state index contributed by atoms with van der Waals surface area (Å²) in [7, 11) is 1.89. The van der Waals surface area contributed by atoms with Gasteiger partial charge in [-0.15, -0.1) is 0 Å². The standard InChI is InChI=1S/C24H34N2O2/c1-22-10-8-20(27)25-19(22)5-4-16-17(22)6-11-23(2)18(16)7-12-24(23)13-9-21(28)26(3)15-14-24/h16-19H,4-8,10-12,14-15H2,1-3H3,(H,25,27)/t16?,17?,18?,19?,22-,23+,24+/m1/s1. The number of piperidine rings is 1. The predicted octanol–water partition coefficient (Wildman–Crippen LogP) is 3.36. The molecule has 2 amide bonds. The lowest BCUT2D eigenvalue weighted by Crippen LogP contribution is -2.61. The van der Waals surface area contributed by atoms with Gasteiger partial charge in [0.05, 0.1) is 0 Å². The Morgan fingerprint density at radius 2 is 1.79 bits per heavy atom. The van der Waals surface area contributed by atoms with Crippen LogP contribution in [0.5, 0.6) is 0 Å². The van der Waals surface area contributed by atoms with Crippen LogP contribution in [0.3, 0.4) is 0 Å². The van der Waals surface area contributed by atoms with Gasteiger partial charge in [-0.05, 0) is 85.9 Å². The fourth-order valence-corrected chi connectivity index (χ4v) is 8.24. The van der Waals surface area contributed by atoms with Crippen molar-refractivity contribution in [2.45, 2.75) is 77.7 Å². The minimum atomic E-state index is -0.0106. The molecule has 1 N–H and O–H groups in total. The Morgan fingerprint density at radius 3 is 2.61 bits per heavy atom. The number of rotatable bonds is 0. The lowest BCUT2D eigenvalue weighted by Gasteiger charge is -2.61. The molecule has 5 aliphatic rings. The van der Waals surface area contributed by atoms with Crippen molar-refractivity contribution >= 4 is 11.8 Å². The van der Waals surface area contributed by atoms with Crippen LogP contribution < -0.4 is 5.32 Å². The molecular weight excluding hydrogens is 348 g/mol. The van der Waals surface area contributed by atoms with Gasteiger partial charge in [-0.2, -0.15) is 0 Å². The van der Waals surface area contributed by atoms with Crippen LogP contribution in [-0.2, 0) is 9.59 Å². The molecule has 152 valence electrons. The number of fused-ring (bicyclic) bond motifs is 6. The van der Waals surface area contributed by atoms with Gasteiger partial charge in [-0.1, -0.05) is 19.8 Å². The maximum absolute atomic E-state index is 12.2. The van der Waals surface area contributed by atoms with Crippen molar-refractivity contribution in [1.82, 2.24) is 10.2 Å². The molecule has 7 atom stereocenters. The van der Waals surface area contributed by atoms with Crippen LogP contribution in [0.15, 0.2) is 0 Å². The third-order valence-corrected chi connectivity index (χ3v) is 10.1. The number of carbonyl (C=O) groups excluding carboxylic acids is 2. The molecule has 3 saturated carbocycles. The van der Waals surface area contributed by atoms with Crippen molar-refractivity contribution in [1.29, 1.82) is 0 Å². The average molecular weight is 383 g/mol. The van der Waals surface area contributed by atoms with E-state index in [0.717, 1.165) is 50.0 Å². The first-order valence-electron chi connectivity index (χ1n) is 11.4. The largest absolute Gasteiger partial charge is 0.353 e. The summed E-state index contributed by atoms with van der Waals surface area (Å²) in [5, 5.41) is 3.33. The van der Waals surface area contributed by atoms with E-state index in [-0.39, 0.29) is 28.1 Å². The van der Waals surface area contributed by atoms with Crippen molar-refractivity contribution in [3.05, 3.63) is 0 Å². The maximum Gasteiger partial charge on any atom is 0.298 e. The van der Waals surface area contributed by atoms with Crippen LogP contribution in [0.1, 0.15) is 71.6 Å². The number of nitrogens with zero attached hydrogens (tertiary/aromatic N) is 1. The Kier molecular flexibility index (Phi) is 3.97. The Balaban J connectivity index is 1.46. The fraction of sp³-hybridized carbons (Fsp3) is 0.833.